The number of amides is 1. The summed E-state index contributed by atoms with van der Waals surface area (Å²) in [6, 6.07) is 10.7. The average Bonchev–Trinajstić information content (AvgIpc) is 2.45. The van der Waals surface area contributed by atoms with Gasteiger partial charge in [0.15, 0.2) is 0 Å². The normalized spacial score (nSPS) is 10.1. The quantitative estimate of drug-likeness (QED) is 0.880. The number of hydrogen-bond donors (Lipinski definition) is 2. The fraction of sp³-hybridized carbons (Fsp3) is 0.200. The molecular formula is C15H16ClN3O. The van der Waals surface area contributed by atoms with E-state index in [1.54, 1.807) is 24.4 Å². The van der Waals surface area contributed by atoms with Gasteiger partial charge >= 0.3 is 0 Å². The van der Waals surface area contributed by atoms with Crippen molar-refractivity contribution in [2.24, 2.45) is 0 Å². The number of halogens is 1. The standard InChI is InChI=1S/C15H16ClN3O/c1-2-8-17-13-6-4-3-5-12(13)15(20)19-14-10-11(16)7-9-18-14/h3-7,9-10,17H,2,8H2,1H3,(H,18,19,20). The van der Waals surface area contributed by atoms with Crippen molar-refractivity contribution in [1.29, 1.82) is 0 Å². The van der Waals surface area contributed by atoms with Crippen molar-refractivity contribution in [1.82, 2.24) is 4.98 Å². The number of carbonyl (C=O) groups is 1. The fourth-order valence-corrected chi connectivity index (χ4v) is 1.91. The third kappa shape index (κ3) is 3.71. The molecule has 0 aliphatic rings. The van der Waals surface area contributed by atoms with Crippen LogP contribution in [0.25, 0.3) is 0 Å². The molecule has 104 valence electrons. The monoisotopic (exact) mass is 289 g/mol. The zero-order valence-electron chi connectivity index (χ0n) is 11.2. The van der Waals surface area contributed by atoms with E-state index in [2.05, 4.69) is 22.5 Å². The molecule has 20 heavy (non-hydrogen) atoms. The number of nitrogens with zero attached hydrogens (tertiary/aromatic N) is 1. The Morgan fingerprint density at radius 2 is 2.10 bits per heavy atom. The van der Waals surface area contributed by atoms with Crippen molar-refractivity contribution in [2.45, 2.75) is 13.3 Å². The van der Waals surface area contributed by atoms with Crippen LogP contribution in [0.3, 0.4) is 0 Å². The SMILES string of the molecule is CCCNc1ccccc1C(=O)Nc1cc(Cl)ccn1. The zero-order valence-corrected chi connectivity index (χ0v) is 11.9. The lowest BCUT2D eigenvalue weighted by Gasteiger charge is -2.11. The minimum absolute atomic E-state index is 0.209. The number of rotatable bonds is 5. The second-order valence-corrected chi connectivity index (χ2v) is 4.72. The van der Waals surface area contributed by atoms with Crippen molar-refractivity contribution >= 4 is 29.0 Å². The van der Waals surface area contributed by atoms with Crippen molar-refractivity contribution in [2.75, 3.05) is 17.2 Å². The number of hydrogen-bond acceptors (Lipinski definition) is 3. The maximum atomic E-state index is 12.3. The van der Waals surface area contributed by atoms with Gasteiger partial charge in [0.2, 0.25) is 0 Å². The van der Waals surface area contributed by atoms with E-state index in [-0.39, 0.29) is 5.91 Å². The molecular weight excluding hydrogens is 274 g/mol. The largest absolute Gasteiger partial charge is 0.384 e. The first-order chi connectivity index (χ1) is 9.70. The van der Waals surface area contributed by atoms with Crippen LogP contribution in [0.4, 0.5) is 11.5 Å². The molecule has 0 unspecified atom stereocenters. The van der Waals surface area contributed by atoms with Crippen molar-refractivity contribution in [3.05, 3.63) is 53.2 Å². The number of anilines is 2. The molecule has 0 radical (unpaired) electrons. The van der Waals surface area contributed by atoms with Crippen LogP contribution in [0, 0.1) is 0 Å². The van der Waals surface area contributed by atoms with Crippen LogP contribution in [0.5, 0.6) is 0 Å². The number of pyridine rings is 1. The summed E-state index contributed by atoms with van der Waals surface area (Å²) in [5.41, 5.74) is 1.40. The van der Waals surface area contributed by atoms with E-state index >= 15 is 0 Å². The molecule has 0 saturated heterocycles. The van der Waals surface area contributed by atoms with Gasteiger partial charge < -0.3 is 10.6 Å². The van der Waals surface area contributed by atoms with Gasteiger partial charge in [-0.05, 0) is 30.7 Å². The molecule has 5 heteroatoms. The Labute approximate surface area is 123 Å². The summed E-state index contributed by atoms with van der Waals surface area (Å²) in [7, 11) is 0. The number of nitrogens with one attached hydrogen (secondary N) is 2. The summed E-state index contributed by atoms with van der Waals surface area (Å²) in [5, 5.41) is 6.51. The summed E-state index contributed by atoms with van der Waals surface area (Å²) in [6.07, 6.45) is 2.55. The number of para-hydroxylation sites is 1. The molecule has 2 aromatic rings. The molecule has 1 aromatic carbocycles. The van der Waals surface area contributed by atoms with Gasteiger partial charge in [0.1, 0.15) is 5.82 Å². The summed E-state index contributed by atoms with van der Waals surface area (Å²) in [4.78, 5) is 16.3. The molecule has 0 spiro atoms. The molecule has 2 rings (SSSR count). The van der Waals surface area contributed by atoms with Crippen LogP contribution < -0.4 is 10.6 Å². The van der Waals surface area contributed by atoms with E-state index in [9.17, 15) is 4.79 Å². The average molecular weight is 290 g/mol. The second kappa shape index (κ2) is 6.91. The third-order valence-corrected chi connectivity index (χ3v) is 2.94. The van der Waals surface area contributed by atoms with E-state index in [4.69, 9.17) is 11.6 Å². The van der Waals surface area contributed by atoms with Gasteiger partial charge in [-0.1, -0.05) is 30.7 Å². The molecule has 1 heterocycles. The van der Waals surface area contributed by atoms with Gasteiger partial charge in [-0.2, -0.15) is 0 Å². The molecule has 1 aromatic heterocycles. The highest BCUT2D eigenvalue weighted by atomic mass is 35.5. The first kappa shape index (κ1) is 14.3. The van der Waals surface area contributed by atoms with Crippen molar-refractivity contribution < 1.29 is 4.79 Å². The van der Waals surface area contributed by atoms with E-state index in [0.717, 1.165) is 18.7 Å². The highest BCUT2D eigenvalue weighted by Gasteiger charge is 2.11. The van der Waals surface area contributed by atoms with Crippen molar-refractivity contribution in [3.8, 4) is 0 Å². The molecule has 0 aliphatic heterocycles. The predicted octanol–water partition coefficient (Wildman–Crippen LogP) is 3.81. The Hall–Kier alpha value is -2.07. The summed E-state index contributed by atoms with van der Waals surface area (Å²) >= 11 is 5.87. The Morgan fingerprint density at radius 1 is 1.30 bits per heavy atom. The van der Waals surface area contributed by atoms with Gasteiger partial charge in [0.25, 0.3) is 5.91 Å². The van der Waals surface area contributed by atoms with E-state index < -0.39 is 0 Å². The number of benzene rings is 1. The highest BCUT2D eigenvalue weighted by Crippen LogP contribution is 2.18. The van der Waals surface area contributed by atoms with Crippen molar-refractivity contribution in [3.63, 3.8) is 0 Å². The first-order valence-electron chi connectivity index (χ1n) is 6.46. The minimum atomic E-state index is -0.209. The minimum Gasteiger partial charge on any atom is -0.384 e. The number of carbonyl (C=O) groups excluding carboxylic acids is 1. The highest BCUT2D eigenvalue weighted by molar-refractivity contribution is 6.30. The Balaban J connectivity index is 2.16. The lowest BCUT2D eigenvalue weighted by atomic mass is 10.1. The Morgan fingerprint density at radius 3 is 2.85 bits per heavy atom. The van der Waals surface area contributed by atoms with Gasteiger partial charge in [-0.25, -0.2) is 4.98 Å². The molecule has 0 fully saturated rings. The van der Waals surface area contributed by atoms with Crippen LogP contribution in [0.1, 0.15) is 23.7 Å². The fourth-order valence-electron chi connectivity index (χ4n) is 1.75. The van der Waals surface area contributed by atoms with Gasteiger partial charge in [-0.15, -0.1) is 0 Å². The smallest absolute Gasteiger partial charge is 0.258 e. The number of aromatic nitrogens is 1. The maximum Gasteiger partial charge on any atom is 0.258 e. The summed E-state index contributed by atoms with van der Waals surface area (Å²) in [5.74, 6) is 0.228. The predicted molar refractivity (Wildman–Crippen MR) is 82.4 cm³/mol. The van der Waals surface area contributed by atoms with E-state index in [1.165, 1.54) is 0 Å². The van der Waals surface area contributed by atoms with Crippen LogP contribution >= 0.6 is 11.6 Å². The summed E-state index contributed by atoms with van der Waals surface area (Å²) in [6.45, 7) is 2.89. The Bertz CT molecular complexity index is 601. The summed E-state index contributed by atoms with van der Waals surface area (Å²) < 4.78 is 0. The van der Waals surface area contributed by atoms with E-state index in [1.807, 2.05) is 18.2 Å². The lowest BCUT2D eigenvalue weighted by molar-refractivity contribution is 0.102. The van der Waals surface area contributed by atoms with Gasteiger partial charge in [0, 0.05) is 23.5 Å². The first-order valence-corrected chi connectivity index (χ1v) is 6.84. The van der Waals surface area contributed by atoms with Crippen LogP contribution in [-0.4, -0.2) is 17.4 Å². The van der Waals surface area contributed by atoms with Gasteiger partial charge in [-0.3, -0.25) is 4.79 Å². The van der Waals surface area contributed by atoms with Gasteiger partial charge in [0.05, 0.1) is 5.56 Å². The zero-order chi connectivity index (χ0) is 14.4. The molecule has 0 atom stereocenters. The van der Waals surface area contributed by atoms with Crippen LogP contribution in [-0.2, 0) is 0 Å². The van der Waals surface area contributed by atoms with E-state index in [0.29, 0.717) is 16.4 Å². The lowest BCUT2D eigenvalue weighted by Crippen LogP contribution is -2.15. The maximum absolute atomic E-state index is 12.3. The molecule has 0 bridgehead atoms. The second-order valence-electron chi connectivity index (χ2n) is 4.29. The Kier molecular flexibility index (Phi) is 4.96. The molecule has 0 aliphatic carbocycles. The molecule has 0 saturated carbocycles. The third-order valence-electron chi connectivity index (χ3n) is 2.70. The molecule has 4 nitrogen and oxygen atoms in total. The van der Waals surface area contributed by atoms with Crippen LogP contribution in [0.15, 0.2) is 42.6 Å². The molecule has 1 amide bonds. The molecule has 2 N–H and O–H groups in total. The topological polar surface area (TPSA) is 54.0 Å². The van der Waals surface area contributed by atoms with Crippen LogP contribution in [0.2, 0.25) is 5.02 Å².